The van der Waals surface area contributed by atoms with Gasteiger partial charge in [0, 0.05) is 32.5 Å². The molecule has 0 spiro atoms. The summed E-state index contributed by atoms with van der Waals surface area (Å²) in [6.45, 7) is 1.41. The highest BCUT2D eigenvalue weighted by Gasteiger charge is 2.14. The second-order valence-corrected chi connectivity index (χ2v) is 7.09. The Balaban J connectivity index is 0.00000289. The van der Waals surface area contributed by atoms with Crippen LogP contribution in [0.4, 0.5) is 0 Å². The van der Waals surface area contributed by atoms with Gasteiger partial charge in [-0.25, -0.2) is 4.98 Å². The highest BCUT2D eigenvalue weighted by Crippen LogP contribution is 2.23. The Morgan fingerprint density at radius 3 is 2.25 bits per heavy atom. The maximum atomic E-state index is 5.33. The van der Waals surface area contributed by atoms with Gasteiger partial charge in [-0.3, -0.25) is 10.1 Å². The van der Waals surface area contributed by atoms with Gasteiger partial charge in [0.2, 0.25) is 5.82 Å². The number of hydrogen-bond acceptors (Lipinski definition) is 4. The van der Waals surface area contributed by atoms with Crippen molar-refractivity contribution >= 4 is 29.9 Å². The van der Waals surface area contributed by atoms with E-state index >= 15 is 0 Å². The van der Waals surface area contributed by atoms with Crippen LogP contribution < -0.4 is 10.6 Å². The predicted octanol–water partition coefficient (Wildman–Crippen LogP) is 4.22. The summed E-state index contributed by atoms with van der Waals surface area (Å²) < 4.78 is 5.33. The summed E-state index contributed by atoms with van der Waals surface area (Å²) in [6, 6.07) is 24.7. The van der Waals surface area contributed by atoms with Crippen molar-refractivity contribution in [3.05, 3.63) is 96.0 Å². The van der Waals surface area contributed by atoms with E-state index in [2.05, 4.69) is 79.3 Å². The van der Waals surface area contributed by atoms with Crippen molar-refractivity contribution in [3.63, 3.8) is 0 Å². The first kappa shape index (κ1) is 23.5. The van der Waals surface area contributed by atoms with Crippen LogP contribution in [0, 0.1) is 0 Å². The van der Waals surface area contributed by atoms with Crippen LogP contribution in [0.25, 0.3) is 11.6 Å². The fraction of sp³-hybridized carbons (Fsp3) is 0.208. The molecule has 0 saturated heterocycles. The van der Waals surface area contributed by atoms with E-state index in [0.717, 1.165) is 18.3 Å². The van der Waals surface area contributed by atoms with Crippen molar-refractivity contribution in [3.8, 4) is 11.6 Å². The average molecular weight is 542 g/mol. The SMILES string of the molecule is CN=C(NCCc1nc(-c2ccco2)n[nH]1)NCC(c1ccccc1)c1ccccc1.I. The van der Waals surface area contributed by atoms with Crippen molar-refractivity contribution in [2.75, 3.05) is 20.1 Å². The maximum Gasteiger partial charge on any atom is 0.216 e. The smallest absolute Gasteiger partial charge is 0.216 e. The lowest BCUT2D eigenvalue weighted by molar-refractivity contribution is 0.577. The van der Waals surface area contributed by atoms with Gasteiger partial charge in [0.05, 0.1) is 6.26 Å². The van der Waals surface area contributed by atoms with Gasteiger partial charge in [-0.05, 0) is 23.3 Å². The Morgan fingerprint density at radius 1 is 0.969 bits per heavy atom. The first-order valence-corrected chi connectivity index (χ1v) is 10.3. The molecule has 4 rings (SSSR count). The van der Waals surface area contributed by atoms with Crippen molar-refractivity contribution in [1.82, 2.24) is 25.8 Å². The molecule has 2 aromatic heterocycles. The number of nitrogens with one attached hydrogen (secondary N) is 3. The van der Waals surface area contributed by atoms with Crippen LogP contribution in [0.3, 0.4) is 0 Å². The maximum absolute atomic E-state index is 5.33. The van der Waals surface area contributed by atoms with Crippen LogP contribution in [-0.4, -0.2) is 41.3 Å². The number of aliphatic imine (C=N–C) groups is 1. The third-order valence-electron chi connectivity index (χ3n) is 5.03. The zero-order valence-corrected chi connectivity index (χ0v) is 20.2. The third kappa shape index (κ3) is 6.19. The Hall–Kier alpha value is -3.14. The molecule has 2 heterocycles. The van der Waals surface area contributed by atoms with Crippen LogP contribution in [-0.2, 0) is 6.42 Å². The van der Waals surface area contributed by atoms with Crippen molar-refractivity contribution in [2.45, 2.75) is 12.3 Å². The van der Waals surface area contributed by atoms with Crippen LogP contribution in [0.15, 0.2) is 88.5 Å². The Morgan fingerprint density at radius 2 is 1.66 bits per heavy atom. The lowest BCUT2D eigenvalue weighted by Crippen LogP contribution is -2.40. The Kier molecular flexibility index (Phi) is 8.85. The third-order valence-corrected chi connectivity index (χ3v) is 5.03. The average Bonchev–Trinajstić information content (AvgIpc) is 3.52. The molecule has 0 atom stereocenters. The van der Waals surface area contributed by atoms with Gasteiger partial charge in [-0.15, -0.1) is 24.0 Å². The molecule has 32 heavy (non-hydrogen) atoms. The number of benzene rings is 2. The number of aromatic nitrogens is 3. The molecule has 0 aliphatic rings. The van der Waals surface area contributed by atoms with E-state index in [4.69, 9.17) is 4.42 Å². The summed E-state index contributed by atoms with van der Waals surface area (Å²) >= 11 is 0. The lowest BCUT2D eigenvalue weighted by Gasteiger charge is -2.20. The van der Waals surface area contributed by atoms with E-state index in [-0.39, 0.29) is 29.9 Å². The highest BCUT2D eigenvalue weighted by atomic mass is 127. The minimum atomic E-state index is 0. The molecule has 0 aliphatic heterocycles. The fourth-order valence-electron chi connectivity index (χ4n) is 3.44. The lowest BCUT2D eigenvalue weighted by atomic mass is 9.91. The Labute approximate surface area is 204 Å². The molecule has 7 nitrogen and oxygen atoms in total. The Bertz CT molecular complexity index is 1040. The minimum absolute atomic E-state index is 0. The standard InChI is InChI=1S/C24H26N6O.HI/c1-25-24(26-15-14-22-28-23(30-29-22)21-13-8-16-31-21)27-17-20(18-9-4-2-5-10-18)19-11-6-3-7-12-19;/h2-13,16,20H,14-15,17H2,1H3,(H2,25,26,27)(H,28,29,30);1H. The van der Waals surface area contributed by atoms with Gasteiger partial charge >= 0.3 is 0 Å². The van der Waals surface area contributed by atoms with Crippen LogP contribution in [0.1, 0.15) is 22.9 Å². The largest absolute Gasteiger partial charge is 0.461 e. The first-order valence-electron chi connectivity index (χ1n) is 10.3. The number of aromatic amines is 1. The first-order chi connectivity index (χ1) is 15.3. The summed E-state index contributed by atoms with van der Waals surface area (Å²) in [5, 5.41) is 14.0. The molecule has 166 valence electrons. The molecule has 0 saturated carbocycles. The fourth-order valence-corrected chi connectivity index (χ4v) is 3.44. The van der Waals surface area contributed by atoms with E-state index in [9.17, 15) is 0 Å². The quantitative estimate of drug-likeness (QED) is 0.176. The summed E-state index contributed by atoms with van der Waals surface area (Å²) in [6.07, 6.45) is 2.30. The molecule has 0 unspecified atom stereocenters. The summed E-state index contributed by atoms with van der Waals surface area (Å²) in [7, 11) is 1.78. The molecule has 2 aromatic carbocycles. The van der Waals surface area contributed by atoms with E-state index in [1.165, 1.54) is 11.1 Å². The molecule has 4 aromatic rings. The van der Waals surface area contributed by atoms with Gasteiger partial charge in [0.15, 0.2) is 11.7 Å². The number of rotatable bonds is 8. The van der Waals surface area contributed by atoms with Crippen LogP contribution in [0.2, 0.25) is 0 Å². The van der Waals surface area contributed by atoms with Gasteiger partial charge in [-0.1, -0.05) is 60.7 Å². The molecule has 3 N–H and O–H groups in total. The highest BCUT2D eigenvalue weighted by molar-refractivity contribution is 14.0. The van der Waals surface area contributed by atoms with Gasteiger partial charge in [-0.2, -0.15) is 5.10 Å². The normalized spacial score (nSPS) is 11.2. The number of nitrogens with zero attached hydrogens (tertiary/aromatic N) is 3. The molecule has 0 fully saturated rings. The van der Waals surface area contributed by atoms with Crippen molar-refractivity contribution < 1.29 is 4.42 Å². The second kappa shape index (κ2) is 12.0. The molecular formula is C24H27IN6O. The second-order valence-electron chi connectivity index (χ2n) is 7.09. The number of furan rings is 1. The summed E-state index contributed by atoms with van der Waals surface area (Å²) in [4.78, 5) is 8.83. The zero-order chi connectivity index (χ0) is 21.3. The van der Waals surface area contributed by atoms with Crippen LogP contribution >= 0.6 is 24.0 Å². The molecule has 0 radical (unpaired) electrons. The summed E-state index contributed by atoms with van der Waals surface area (Å²) in [5.74, 6) is 2.99. The topological polar surface area (TPSA) is 91.1 Å². The van der Waals surface area contributed by atoms with Crippen LogP contribution in [0.5, 0.6) is 0 Å². The minimum Gasteiger partial charge on any atom is -0.461 e. The summed E-state index contributed by atoms with van der Waals surface area (Å²) in [5.41, 5.74) is 2.53. The van der Waals surface area contributed by atoms with Gasteiger partial charge in [0.25, 0.3) is 0 Å². The zero-order valence-electron chi connectivity index (χ0n) is 17.9. The number of H-pyrrole nitrogens is 1. The van der Waals surface area contributed by atoms with E-state index in [1.807, 2.05) is 24.3 Å². The van der Waals surface area contributed by atoms with Gasteiger partial charge < -0.3 is 15.1 Å². The van der Waals surface area contributed by atoms with E-state index in [0.29, 0.717) is 24.6 Å². The molecule has 0 amide bonds. The number of halogens is 1. The van der Waals surface area contributed by atoms with Crippen molar-refractivity contribution in [1.29, 1.82) is 0 Å². The molecule has 8 heteroatoms. The van der Waals surface area contributed by atoms with Gasteiger partial charge in [0.1, 0.15) is 5.82 Å². The van der Waals surface area contributed by atoms with E-state index in [1.54, 1.807) is 13.3 Å². The molecular weight excluding hydrogens is 515 g/mol. The number of hydrogen-bond donors (Lipinski definition) is 3. The molecule has 0 aliphatic carbocycles. The molecule has 0 bridgehead atoms. The van der Waals surface area contributed by atoms with E-state index < -0.39 is 0 Å². The predicted molar refractivity (Wildman–Crippen MR) is 137 cm³/mol. The monoisotopic (exact) mass is 542 g/mol. The van der Waals surface area contributed by atoms with Crippen molar-refractivity contribution in [2.24, 2.45) is 4.99 Å². The number of guanidine groups is 1.